The van der Waals surface area contributed by atoms with E-state index in [9.17, 15) is 9.59 Å². The van der Waals surface area contributed by atoms with Crippen LogP contribution in [0.5, 0.6) is 0 Å². The third-order valence-electron chi connectivity index (χ3n) is 5.81. The molecule has 2 heterocycles. The third-order valence-corrected chi connectivity index (χ3v) is 5.81. The number of para-hydroxylation sites is 1. The first kappa shape index (κ1) is 21.3. The van der Waals surface area contributed by atoms with Crippen LogP contribution in [0.4, 0.5) is 5.69 Å². The maximum absolute atomic E-state index is 13.5. The van der Waals surface area contributed by atoms with Crippen molar-refractivity contribution in [1.29, 1.82) is 0 Å². The second-order valence-corrected chi connectivity index (χ2v) is 8.22. The zero-order chi connectivity index (χ0) is 23.5. The lowest BCUT2D eigenvalue weighted by atomic mass is 10.0. The van der Waals surface area contributed by atoms with Gasteiger partial charge in [-0.05, 0) is 42.3 Å². The van der Waals surface area contributed by atoms with Crippen molar-refractivity contribution in [3.05, 3.63) is 130 Å². The predicted molar refractivity (Wildman–Crippen MR) is 136 cm³/mol. The van der Waals surface area contributed by atoms with E-state index < -0.39 is 5.91 Å². The number of hydrogen-bond acceptors (Lipinski definition) is 3. The Bertz CT molecular complexity index is 1540. The molecular weight excluding hydrogens is 422 g/mol. The molecule has 5 nitrogen and oxygen atoms in total. The Labute approximate surface area is 197 Å². The van der Waals surface area contributed by atoms with Gasteiger partial charge in [0.05, 0.1) is 6.54 Å². The standard InChI is InChI=1S/C29H23N3O2/c1-20-13-15-21(16-14-20)19-32-27-23(10-7-17-30-27)18-25(29(32)34)28(33)31-26-12-6-5-11-24(26)22-8-3-2-4-9-22/h2-18H,19H2,1H3,(H,31,33). The van der Waals surface area contributed by atoms with E-state index in [4.69, 9.17) is 0 Å². The number of rotatable bonds is 5. The predicted octanol–water partition coefficient (Wildman–Crippen LogP) is 5.67. The zero-order valence-corrected chi connectivity index (χ0v) is 18.7. The molecule has 0 bridgehead atoms. The van der Waals surface area contributed by atoms with Gasteiger partial charge < -0.3 is 5.32 Å². The smallest absolute Gasteiger partial charge is 0.265 e. The number of carbonyl (C=O) groups is 1. The summed E-state index contributed by atoms with van der Waals surface area (Å²) in [6.07, 6.45) is 1.66. The zero-order valence-electron chi connectivity index (χ0n) is 18.7. The number of aromatic nitrogens is 2. The molecule has 0 spiro atoms. The van der Waals surface area contributed by atoms with Gasteiger partial charge in [-0.2, -0.15) is 0 Å². The fraction of sp³-hybridized carbons (Fsp3) is 0.0690. The lowest BCUT2D eigenvalue weighted by molar-refractivity contribution is 0.102. The van der Waals surface area contributed by atoms with Crippen LogP contribution in [0.2, 0.25) is 0 Å². The Morgan fingerprint density at radius 2 is 1.62 bits per heavy atom. The molecule has 3 aromatic carbocycles. The lowest BCUT2D eigenvalue weighted by Crippen LogP contribution is -2.30. The van der Waals surface area contributed by atoms with Crippen LogP contribution in [-0.4, -0.2) is 15.5 Å². The summed E-state index contributed by atoms with van der Waals surface area (Å²) in [7, 11) is 0. The second-order valence-electron chi connectivity index (χ2n) is 8.22. The Morgan fingerprint density at radius 3 is 2.41 bits per heavy atom. The molecule has 1 amide bonds. The maximum atomic E-state index is 13.5. The molecule has 34 heavy (non-hydrogen) atoms. The van der Waals surface area contributed by atoms with Crippen LogP contribution in [-0.2, 0) is 6.54 Å². The first-order valence-electron chi connectivity index (χ1n) is 11.1. The highest BCUT2D eigenvalue weighted by molar-refractivity contribution is 6.07. The highest BCUT2D eigenvalue weighted by Gasteiger charge is 2.18. The molecule has 0 atom stereocenters. The van der Waals surface area contributed by atoms with Gasteiger partial charge in [-0.25, -0.2) is 4.98 Å². The van der Waals surface area contributed by atoms with Crippen molar-refractivity contribution >= 4 is 22.6 Å². The van der Waals surface area contributed by atoms with Crippen molar-refractivity contribution in [2.45, 2.75) is 13.5 Å². The molecule has 0 unspecified atom stereocenters. The highest BCUT2D eigenvalue weighted by Crippen LogP contribution is 2.28. The van der Waals surface area contributed by atoms with E-state index >= 15 is 0 Å². The van der Waals surface area contributed by atoms with Crippen molar-refractivity contribution in [3.63, 3.8) is 0 Å². The quantitative estimate of drug-likeness (QED) is 0.379. The normalized spacial score (nSPS) is 10.9. The van der Waals surface area contributed by atoms with Crippen molar-refractivity contribution in [3.8, 4) is 11.1 Å². The van der Waals surface area contributed by atoms with Gasteiger partial charge in [0.1, 0.15) is 11.2 Å². The van der Waals surface area contributed by atoms with Gasteiger partial charge in [-0.15, -0.1) is 0 Å². The van der Waals surface area contributed by atoms with Crippen LogP contribution in [0.25, 0.3) is 22.2 Å². The minimum absolute atomic E-state index is 0.0791. The van der Waals surface area contributed by atoms with E-state index in [-0.39, 0.29) is 11.1 Å². The number of fused-ring (bicyclic) bond motifs is 1. The monoisotopic (exact) mass is 445 g/mol. The van der Waals surface area contributed by atoms with Gasteiger partial charge in [-0.1, -0.05) is 78.4 Å². The molecule has 0 saturated carbocycles. The number of benzene rings is 3. The van der Waals surface area contributed by atoms with E-state index in [0.29, 0.717) is 17.9 Å². The van der Waals surface area contributed by atoms with Crippen LogP contribution in [0.3, 0.4) is 0 Å². The lowest BCUT2D eigenvalue weighted by Gasteiger charge is -2.14. The average molecular weight is 446 g/mol. The number of hydrogen-bond donors (Lipinski definition) is 1. The molecule has 5 heteroatoms. The molecule has 5 aromatic rings. The fourth-order valence-electron chi connectivity index (χ4n) is 4.04. The van der Waals surface area contributed by atoms with Gasteiger partial charge in [0.15, 0.2) is 0 Å². The number of aryl methyl sites for hydroxylation is 1. The Hall–Kier alpha value is -4.51. The maximum Gasteiger partial charge on any atom is 0.265 e. The summed E-state index contributed by atoms with van der Waals surface area (Å²) in [5.74, 6) is -0.447. The number of nitrogens with one attached hydrogen (secondary N) is 1. The SMILES string of the molecule is Cc1ccc(Cn2c(=O)c(C(=O)Nc3ccccc3-c3ccccc3)cc3cccnc32)cc1. The molecular formula is C29H23N3O2. The highest BCUT2D eigenvalue weighted by atomic mass is 16.2. The molecule has 5 rings (SSSR count). The molecule has 0 aliphatic rings. The van der Waals surface area contributed by atoms with E-state index in [1.165, 1.54) is 0 Å². The Morgan fingerprint density at radius 1 is 0.882 bits per heavy atom. The van der Waals surface area contributed by atoms with E-state index in [1.807, 2.05) is 91.9 Å². The number of amides is 1. The van der Waals surface area contributed by atoms with E-state index in [1.54, 1.807) is 22.9 Å². The van der Waals surface area contributed by atoms with Crippen molar-refractivity contribution in [1.82, 2.24) is 9.55 Å². The largest absolute Gasteiger partial charge is 0.321 e. The minimum atomic E-state index is -0.447. The van der Waals surface area contributed by atoms with Crippen LogP contribution >= 0.6 is 0 Å². The summed E-state index contributed by atoms with van der Waals surface area (Å²) in [5, 5.41) is 3.69. The Balaban J connectivity index is 1.56. The summed E-state index contributed by atoms with van der Waals surface area (Å²) in [5.41, 5.74) is 4.88. The number of nitrogens with zero attached hydrogens (tertiary/aromatic N) is 2. The van der Waals surface area contributed by atoms with Gasteiger partial charge in [0, 0.05) is 22.8 Å². The molecule has 1 N–H and O–H groups in total. The number of carbonyl (C=O) groups excluding carboxylic acids is 1. The van der Waals surface area contributed by atoms with Crippen LogP contribution in [0.15, 0.2) is 108 Å². The molecule has 0 radical (unpaired) electrons. The van der Waals surface area contributed by atoms with Gasteiger partial charge >= 0.3 is 0 Å². The molecule has 0 aliphatic heterocycles. The molecule has 0 saturated heterocycles. The molecule has 2 aromatic heterocycles. The first-order chi connectivity index (χ1) is 16.6. The van der Waals surface area contributed by atoms with Crippen LogP contribution < -0.4 is 10.9 Å². The van der Waals surface area contributed by atoms with Crippen LogP contribution in [0, 0.1) is 6.92 Å². The third kappa shape index (κ3) is 4.24. The molecule has 166 valence electrons. The van der Waals surface area contributed by atoms with Crippen molar-refractivity contribution < 1.29 is 4.79 Å². The van der Waals surface area contributed by atoms with Crippen LogP contribution in [0.1, 0.15) is 21.5 Å². The summed E-state index contributed by atoms with van der Waals surface area (Å²) in [4.78, 5) is 31.3. The second kappa shape index (κ2) is 9.16. The van der Waals surface area contributed by atoms with Crippen molar-refractivity contribution in [2.75, 3.05) is 5.32 Å². The van der Waals surface area contributed by atoms with Gasteiger partial charge in [0.2, 0.25) is 0 Å². The summed E-state index contributed by atoms with van der Waals surface area (Å²) < 4.78 is 1.57. The molecule has 0 fully saturated rings. The summed E-state index contributed by atoms with van der Waals surface area (Å²) in [6.45, 7) is 2.35. The van der Waals surface area contributed by atoms with Gasteiger partial charge in [0.25, 0.3) is 11.5 Å². The van der Waals surface area contributed by atoms with Gasteiger partial charge in [-0.3, -0.25) is 14.2 Å². The summed E-state index contributed by atoms with van der Waals surface area (Å²) >= 11 is 0. The topological polar surface area (TPSA) is 64.0 Å². The van der Waals surface area contributed by atoms with Crippen molar-refractivity contribution in [2.24, 2.45) is 0 Å². The first-order valence-corrected chi connectivity index (χ1v) is 11.1. The average Bonchev–Trinajstić information content (AvgIpc) is 2.87. The Kier molecular flexibility index (Phi) is 5.75. The van der Waals surface area contributed by atoms with E-state index in [0.717, 1.165) is 27.6 Å². The fourth-order valence-corrected chi connectivity index (χ4v) is 4.04. The number of pyridine rings is 2. The molecule has 0 aliphatic carbocycles. The minimum Gasteiger partial charge on any atom is -0.321 e. The number of anilines is 1. The van der Waals surface area contributed by atoms with E-state index in [2.05, 4.69) is 10.3 Å². The summed E-state index contributed by atoms with van der Waals surface area (Å²) in [6, 6.07) is 30.7.